The number of carbonyl (C=O) groups excluding carboxylic acids is 2. The average Bonchev–Trinajstić information content (AvgIpc) is 3.29. The third-order valence-corrected chi connectivity index (χ3v) is 4.87. The Bertz CT molecular complexity index is 845. The van der Waals surface area contributed by atoms with Crippen LogP contribution in [0.3, 0.4) is 0 Å². The van der Waals surface area contributed by atoms with Crippen molar-refractivity contribution in [1.29, 1.82) is 0 Å². The van der Waals surface area contributed by atoms with Crippen molar-refractivity contribution in [3.63, 3.8) is 0 Å². The van der Waals surface area contributed by atoms with Gasteiger partial charge >= 0.3 is 6.09 Å². The van der Waals surface area contributed by atoms with Crippen LogP contribution in [0.2, 0.25) is 0 Å². The van der Waals surface area contributed by atoms with E-state index < -0.39 is 17.7 Å². The zero-order chi connectivity index (χ0) is 20.3. The third-order valence-electron chi connectivity index (χ3n) is 4.00. The van der Waals surface area contributed by atoms with Crippen LogP contribution in [0.4, 0.5) is 9.80 Å². The van der Waals surface area contributed by atoms with Crippen LogP contribution in [0.1, 0.15) is 33.3 Å². The maximum atomic E-state index is 12.7. The largest absolute Gasteiger partial charge is 0.454 e. The van der Waals surface area contributed by atoms with Crippen molar-refractivity contribution in [1.82, 2.24) is 5.32 Å². The number of rotatable bonds is 5. The van der Waals surface area contributed by atoms with Crippen molar-refractivity contribution >= 4 is 28.3 Å². The summed E-state index contributed by atoms with van der Waals surface area (Å²) in [6.45, 7) is 7.57. The molecule has 1 aromatic heterocycles. The lowest BCUT2D eigenvalue weighted by Crippen LogP contribution is -2.49. The Morgan fingerprint density at radius 2 is 2.00 bits per heavy atom. The lowest BCUT2D eigenvalue weighted by Gasteiger charge is -2.30. The standard InChI is InChI=1S/C20H24N2O5S/c1-13(22(17-6-5-9-28-17)19(24)27-20(2,3)4)18(23)21-11-14-7-8-15-16(10-14)26-12-25-15/h5-10,13H,11-12H2,1-4H3,(H,21,23)/t13-/m0/s1. The Morgan fingerprint density at radius 3 is 2.68 bits per heavy atom. The number of nitrogens with zero attached hydrogens (tertiary/aromatic N) is 1. The topological polar surface area (TPSA) is 77.1 Å². The second-order valence-electron chi connectivity index (χ2n) is 7.38. The van der Waals surface area contributed by atoms with Gasteiger partial charge in [-0.1, -0.05) is 6.07 Å². The molecule has 2 amide bonds. The summed E-state index contributed by atoms with van der Waals surface area (Å²) in [6.07, 6.45) is -0.555. The van der Waals surface area contributed by atoms with Crippen molar-refractivity contribution in [3.05, 3.63) is 41.3 Å². The number of carbonyl (C=O) groups is 2. The first-order valence-electron chi connectivity index (χ1n) is 8.96. The molecular formula is C20H24N2O5S. The molecule has 1 aliphatic heterocycles. The van der Waals surface area contributed by atoms with Gasteiger partial charge in [0.1, 0.15) is 16.6 Å². The fourth-order valence-corrected chi connectivity index (χ4v) is 3.46. The van der Waals surface area contributed by atoms with E-state index in [2.05, 4.69) is 5.32 Å². The molecule has 0 saturated carbocycles. The predicted octanol–water partition coefficient (Wildman–Crippen LogP) is 3.92. The molecule has 0 radical (unpaired) electrons. The number of amides is 2. The fraction of sp³-hybridized carbons (Fsp3) is 0.400. The molecule has 0 spiro atoms. The van der Waals surface area contributed by atoms with Gasteiger partial charge in [-0.05, 0) is 62.9 Å². The highest BCUT2D eigenvalue weighted by molar-refractivity contribution is 7.14. The molecule has 0 saturated heterocycles. The molecule has 1 aliphatic rings. The summed E-state index contributed by atoms with van der Waals surface area (Å²) >= 11 is 1.37. The van der Waals surface area contributed by atoms with Crippen molar-refractivity contribution in [2.75, 3.05) is 11.7 Å². The van der Waals surface area contributed by atoms with Crippen LogP contribution >= 0.6 is 11.3 Å². The first-order valence-corrected chi connectivity index (χ1v) is 9.84. The lowest BCUT2D eigenvalue weighted by molar-refractivity contribution is -0.122. The van der Waals surface area contributed by atoms with Crippen LogP contribution in [0, 0.1) is 0 Å². The molecule has 7 nitrogen and oxygen atoms in total. The minimum Gasteiger partial charge on any atom is -0.454 e. The third kappa shape index (κ3) is 4.75. The molecule has 2 aromatic rings. The van der Waals surface area contributed by atoms with Crippen molar-refractivity contribution in [2.24, 2.45) is 0 Å². The molecule has 1 aromatic carbocycles. The van der Waals surface area contributed by atoms with Gasteiger partial charge in [0.25, 0.3) is 0 Å². The van der Waals surface area contributed by atoms with E-state index in [1.807, 2.05) is 29.6 Å². The Morgan fingerprint density at radius 1 is 1.25 bits per heavy atom. The predicted molar refractivity (Wildman–Crippen MR) is 107 cm³/mol. The van der Waals surface area contributed by atoms with Gasteiger partial charge in [0, 0.05) is 6.54 Å². The Labute approximate surface area is 168 Å². The van der Waals surface area contributed by atoms with Gasteiger partial charge in [-0.25, -0.2) is 4.79 Å². The van der Waals surface area contributed by atoms with E-state index in [0.29, 0.717) is 23.0 Å². The Balaban J connectivity index is 1.68. The van der Waals surface area contributed by atoms with Crippen LogP contribution < -0.4 is 19.7 Å². The first-order chi connectivity index (χ1) is 13.2. The molecular weight excluding hydrogens is 380 g/mol. The van der Waals surface area contributed by atoms with Gasteiger partial charge in [0.2, 0.25) is 12.7 Å². The maximum Gasteiger partial charge on any atom is 0.416 e. The second-order valence-corrected chi connectivity index (χ2v) is 8.31. The zero-order valence-corrected chi connectivity index (χ0v) is 17.2. The summed E-state index contributed by atoms with van der Waals surface area (Å²) in [5.41, 5.74) is 0.222. The summed E-state index contributed by atoms with van der Waals surface area (Å²) in [6, 6.07) is 8.39. The van der Waals surface area contributed by atoms with Crippen LogP contribution in [0.25, 0.3) is 0 Å². The van der Waals surface area contributed by atoms with Crippen LogP contribution in [0.5, 0.6) is 11.5 Å². The van der Waals surface area contributed by atoms with Gasteiger partial charge in [0.15, 0.2) is 11.5 Å². The molecule has 0 unspecified atom stereocenters. The highest BCUT2D eigenvalue weighted by atomic mass is 32.1. The number of hydrogen-bond acceptors (Lipinski definition) is 6. The fourth-order valence-electron chi connectivity index (χ4n) is 2.66. The molecule has 150 valence electrons. The summed E-state index contributed by atoms with van der Waals surface area (Å²) < 4.78 is 16.1. The maximum absolute atomic E-state index is 12.7. The van der Waals surface area contributed by atoms with E-state index in [9.17, 15) is 9.59 Å². The quantitative estimate of drug-likeness (QED) is 0.817. The lowest BCUT2D eigenvalue weighted by atomic mass is 10.2. The number of fused-ring (bicyclic) bond motifs is 1. The highest BCUT2D eigenvalue weighted by Crippen LogP contribution is 2.32. The summed E-state index contributed by atoms with van der Waals surface area (Å²) in [7, 11) is 0. The molecule has 1 N–H and O–H groups in total. The number of thiophene rings is 1. The number of hydrogen-bond donors (Lipinski definition) is 1. The van der Waals surface area contributed by atoms with E-state index >= 15 is 0 Å². The molecule has 8 heteroatoms. The summed E-state index contributed by atoms with van der Waals surface area (Å²) in [4.78, 5) is 26.8. The van der Waals surface area contributed by atoms with E-state index in [4.69, 9.17) is 14.2 Å². The number of anilines is 1. The van der Waals surface area contributed by atoms with Crippen molar-refractivity contribution in [3.8, 4) is 11.5 Å². The van der Waals surface area contributed by atoms with Crippen LogP contribution in [-0.4, -0.2) is 30.4 Å². The average molecular weight is 404 g/mol. The zero-order valence-electron chi connectivity index (χ0n) is 16.4. The molecule has 1 atom stereocenters. The van der Waals surface area contributed by atoms with Gasteiger partial charge in [-0.2, -0.15) is 0 Å². The van der Waals surface area contributed by atoms with Crippen LogP contribution in [-0.2, 0) is 16.1 Å². The Hall–Kier alpha value is -2.74. The normalized spacial score (nSPS) is 13.7. The molecule has 0 bridgehead atoms. The SMILES string of the molecule is C[C@@H](C(=O)NCc1ccc2c(c1)OCO2)N(C(=O)OC(C)(C)C)c1cccs1. The smallest absolute Gasteiger partial charge is 0.416 e. The van der Waals surface area contributed by atoms with E-state index in [0.717, 1.165) is 5.56 Å². The summed E-state index contributed by atoms with van der Waals surface area (Å²) in [5, 5.41) is 5.37. The molecule has 28 heavy (non-hydrogen) atoms. The highest BCUT2D eigenvalue weighted by Gasteiger charge is 2.31. The van der Waals surface area contributed by atoms with E-state index in [-0.39, 0.29) is 12.7 Å². The molecule has 0 fully saturated rings. The van der Waals surface area contributed by atoms with Crippen molar-refractivity contribution < 1.29 is 23.8 Å². The number of ether oxygens (including phenoxy) is 3. The van der Waals surface area contributed by atoms with E-state index in [1.54, 1.807) is 33.8 Å². The van der Waals surface area contributed by atoms with Gasteiger partial charge in [-0.15, -0.1) is 11.3 Å². The molecule has 2 heterocycles. The van der Waals surface area contributed by atoms with Gasteiger partial charge in [0.05, 0.1) is 0 Å². The van der Waals surface area contributed by atoms with E-state index in [1.165, 1.54) is 16.2 Å². The summed E-state index contributed by atoms with van der Waals surface area (Å²) in [5.74, 6) is 1.07. The second kappa shape index (κ2) is 8.10. The Kier molecular flexibility index (Phi) is 5.79. The van der Waals surface area contributed by atoms with Crippen molar-refractivity contribution in [2.45, 2.75) is 45.9 Å². The van der Waals surface area contributed by atoms with Gasteiger partial charge in [-0.3, -0.25) is 9.69 Å². The van der Waals surface area contributed by atoms with Gasteiger partial charge < -0.3 is 19.5 Å². The minimum absolute atomic E-state index is 0.202. The molecule has 3 rings (SSSR count). The molecule has 0 aliphatic carbocycles. The monoisotopic (exact) mass is 404 g/mol. The first kappa shape index (κ1) is 20.0. The van der Waals surface area contributed by atoms with Crippen LogP contribution in [0.15, 0.2) is 35.7 Å². The number of benzene rings is 1. The number of nitrogens with one attached hydrogen (secondary N) is 1. The minimum atomic E-state index is -0.734.